The van der Waals surface area contributed by atoms with E-state index >= 15 is 0 Å². The van der Waals surface area contributed by atoms with Crippen LogP contribution < -0.4 is 5.32 Å². The smallest absolute Gasteiger partial charge is 0.257 e. The lowest BCUT2D eigenvalue weighted by Gasteiger charge is -2.17. The minimum Gasteiger partial charge on any atom is -0.348 e. The molecule has 0 unspecified atom stereocenters. The highest BCUT2D eigenvalue weighted by Gasteiger charge is 2.14. The maximum absolute atomic E-state index is 12.5. The van der Waals surface area contributed by atoms with Crippen LogP contribution >= 0.6 is 0 Å². The Morgan fingerprint density at radius 1 is 1.19 bits per heavy atom. The summed E-state index contributed by atoms with van der Waals surface area (Å²) in [5.41, 5.74) is 3.55. The summed E-state index contributed by atoms with van der Waals surface area (Å²) < 4.78 is 1.65. The standard InChI is InChI=1S/C20H22N6O/c1-3-25(4-2)13-17-11-22-19-18(12-24-26(19)14-17)20(27)23-10-16-7-5-15(9-21)6-8-16/h5-8,11-12,14H,3-4,10,13H2,1-2H3,(H,23,27). The molecule has 1 amide bonds. The van der Waals surface area contributed by atoms with Crippen LogP contribution in [0.4, 0.5) is 0 Å². The lowest BCUT2D eigenvalue weighted by molar-refractivity contribution is 0.0952. The van der Waals surface area contributed by atoms with Crippen LogP contribution in [-0.2, 0) is 13.1 Å². The molecule has 0 aliphatic heterocycles. The molecule has 0 saturated heterocycles. The fourth-order valence-corrected chi connectivity index (χ4v) is 2.84. The van der Waals surface area contributed by atoms with Crippen molar-refractivity contribution in [3.63, 3.8) is 0 Å². The fourth-order valence-electron chi connectivity index (χ4n) is 2.84. The first-order chi connectivity index (χ1) is 13.1. The van der Waals surface area contributed by atoms with Crippen molar-refractivity contribution in [2.75, 3.05) is 13.1 Å². The van der Waals surface area contributed by atoms with Gasteiger partial charge in [-0.2, -0.15) is 10.4 Å². The Morgan fingerprint density at radius 3 is 2.59 bits per heavy atom. The predicted octanol–water partition coefficient (Wildman–Crippen LogP) is 2.37. The summed E-state index contributed by atoms with van der Waals surface area (Å²) in [6.45, 7) is 7.37. The van der Waals surface area contributed by atoms with Gasteiger partial charge in [0.25, 0.3) is 5.91 Å². The van der Waals surface area contributed by atoms with Crippen LogP contribution in [0.3, 0.4) is 0 Å². The molecule has 2 aromatic heterocycles. The maximum atomic E-state index is 12.5. The van der Waals surface area contributed by atoms with Crippen molar-refractivity contribution in [1.82, 2.24) is 24.8 Å². The zero-order chi connectivity index (χ0) is 19.2. The number of hydrogen-bond donors (Lipinski definition) is 1. The topological polar surface area (TPSA) is 86.3 Å². The Hall–Kier alpha value is -3.24. The fraction of sp³-hybridized carbons (Fsp3) is 0.300. The van der Waals surface area contributed by atoms with Crippen molar-refractivity contribution in [3.8, 4) is 6.07 Å². The molecule has 0 fully saturated rings. The predicted molar refractivity (Wildman–Crippen MR) is 102 cm³/mol. The highest BCUT2D eigenvalue weighted by atomic mass is 16.1. The first-order valence-electron chi connectivity index (χ1n) is 8.96. The minimum atomic E-state index is -0.224. The van der Waals surface area contributed by atoms with Crippen LogP contribution in [0.2, 0.25) is 0 Å². The number of nitrogens with one attached hydrogen (secondary N) is 1. The summed E-state index contributed by atoms with van der Waals surface area (Å²) in [5.74, 6) is -0.224. The quantitative estimate of drug-likeness (QED) is 0.697. The van der Waals surface area contributed by atoms with Gasteiger partial charge in [0.2, 0.25) is 0 Å². The second kappa shape index (κ2) is 8.43. The van der Waals surface area contributed by atoms with Crippen LogP contribution in [0, 0.1) is 11.3 Å². The van der Waals surface area contributed by atoms with E-state index in [4.69, 9.17) is 5.26 Å². The molecular formula is C20H22N6O. The van der Waals surface area contributed by atoms with Gasteiger partial charge in [-0.15, -0.1) is 0 Å². The monoisotopic (exact) mass is 362 g/mol. The first-order valence-corrected chi connectivity index (χ1v) is 8.96. The Bertz CT molecular complexity index is 966. The molecule has 0 aliphatic carbocycles. The Labute approximate surface area is 158 Å². The highest BCUT2D eigenvalue weighted by molar-refractivity contribution is 5.99. The molecule has 138 valence electrons. The van der Waals surface area contributed by atoms with E-state index in [1.54, 1.807) is 22.8 Å². The van der Waals surface area contributed by atoms with Gasteiger partial charge in [-0.3, -0.25) is 9.69 Å². The average molecular weight is 362 g/mol. The van der Waals surface area contributed by atoms with Gasteiger partial charge in [0, 0.05) is 31.0 Å². The van der Waals surface area contributed by atoms with E-state index in [2.05, 4.69) is 40.2 Å². The van der Waals surface area contributed by atoms with Crippen molar-refractivity contribution in [1.29, 1.82) is 5.26 Å². The third-order valence-corrected chi connectivity index (χ3v) is 4.49. The largest absolute Gasteiger partial charge is 0.348 e. The molecule has 7 nitrogen and oxygen atoms in total. The molecule has 2 heterocycles. The number of nitriles is 1. The summed E-state index contributed by atoms with van der Waals surface area (Å²) >= 11 is 0. The second-order valence-corrected chi connectivity index (χ2v) is 6.24. The maximum Gasteiger partial charge on any atom is 0.257 e. The van der Waals surface area contributed by atoms with Gasteiger partial charge >= 0.3 is 0 Å². The number of carbonyl (C=O) groups excluding carboxylic acids is 1. The SMILES string of the molecule is CCN(CC)Cc1cnc2c(C(=O)NCc3ccc(C#N)cc3)cnn2c1. The van der Waals surface area contributed by atoms with Crippen LogP contribution in [0.5, 0.6) is 0 Å². The van der Waals surface area contributed by atoms with Gasteiger partial charge in [-0.1, -0.05) is 26.0 Å². The Morgan fingerprint density at radius 2 is 1.93 bits per heavy atom. The van der Waals surface area contributed by atoms with E-state index in [0.717, 1.165) is 30.8 Å². The molecule has 0 bridgehead atoms. The molecule has 0 radical (unpaired) electrons. The second-order valence-electron chi connectivity index (χ2n) is 6.24. The molecule has 3 rings (SSSR count). The van der Waals surface area contributed by atoms with Crippen molar-refractivity contribution in [3.05, 3.63) is 65.1 Å². The number of amides is 1. The van der Waals surface area contributed by atoms with Crippen LogP contribution in [0.1, 0.15) is 40.9 Å². The zero-order valence-electron chi connectivity index (χ0n) is 15.5. The van der Waals surface area contributed by atoms with Crippen LogP contribution in [0.25, 0.3) is 5.65 Å². The molecular weight excluding hydrogens is 340 g/mol. The summed E-state index contributed by atoms with van der Waals surface area (Å²) in [6.07, 6.45) is 5.25. The molecule has 0 saturated carbocycles. The van der Waals surface area contributed by atoms with E-state index in [-0.39, 0.29) is 5.91 Å². The summed E-state index contributed by atoms with van der Waals surface area (Å²) in [5, 5.41) is 16.0. The molecule has 0 spiro atoms. The van der Waals surface area contributed by atoms with Gasteiger partial charge in [0.15, 0.2) is 5.65 Å². The summed E-state index contributed by atoms with van der Waals surface area (Å²) in [4.78, 5) is 19.2. The summed E-state index contributed by atoms with van der Waals surface area (Å²) in [6, 6.07) is 9.19. The summed E-state index contributed by atoms with van der Waals surface area (Å²) in [7, 11) is 0. The molecule has 27 heavy (non-hydrogen) atoms. The van der Waals surface area contributed by atoms with Crippen molar-refractivity contribution < 1.29 is 4.79 Å². The molecule has 0 aliphatic rings. The van der Waals surface area contributed by atoms with Crippen molar-refractivity contribution >= 4 is 11.6 Å². The number of hydrogen-bond acceptors (Lipinski definition) is 5. The third kappa shape index (κ3) is 4.30. The third-order valence-electron chi connectivity index (χ3n) is 4.49. The van der Waals surface area contributed by atoms with E-state index in [1.807, 2.05) is 18.3 Å². The van der Waals surface area contributed by atoms with Gasteiger partial charge in [0.05, 0.1) is 17.8 Å². The molecule has 7 heteroatoms. The van der Waals surface area contributed by atoms with Crippen molar-refractivity contribution in [2.45, 2.75) is 26.9 Å². The van der Waals surface area contributed by atoms with E-state index in [1.165, 1.54) is 6.20 Å². The Balaban J connectivity index is 1.70. The van der Waals surface area contributed by atoms with Crippen molar-refractivity contribution in [2.24, 2.45) is 0 Å². The van der Waals surface area contributed by atoms with Gasteiger partial charge < -0.3 is 5.32 Å². The van der Waals surface area contributed by atoms with Gasteiger partial charge in [0.1, 0.15) is 5.56 Å². The Kier molecular flexibility index (Phi) is 5.79. The lowest BCUT2D eigenvalue weighted by atomic mass is 10.1. The number of nitrogens with zero attached hydrogens (tertiary/aromatic N) is 5. The van der Waals surface area contributed by atoms with E-state index in [9.17, 15) is 4.79 Å². The van der Waals surface area contributed by atoms with Crippen LogP contribution in [-0.4, -0.2) is 38.5 Å². The van der Waals surface area contributed by atoms with E-state index < -0.39 is 0 Å². The molecule has 1 N–H and O–H groups in total. The average Bonchev–Trinajstić information content (AvgIpc) is 3.14. The van der Waals surface area contributed by atoms with Gasteiger partial charge in [-0.05, 0) is 30.8 Å². The number of carbonyl (C=O) groups is 1. The van der Waals surface area contributed by atoms with Crippen LogP contribution in [0.15, 0.2) is 42.9 Å². The number of aromatic nitrogens is 3. The number of rotatable bonds is 7. The first kappa shape index (κ1) is 18.5. The number of fused-ring (bicyclic) bond motifs is 1. The van der Waals surface area contributed by atoms with E-state index in [0.29, 0.717) is 23.3 Å². The molecule has 0 atom stereocenters. The lowest BCUT2D eigenvalue weighted by Crippen LogP contribution is -2.23. The highest BCUT2D eigenvalue weighted by Crippen LogP contribution is 2.11. The normalized spacial score (nSPS) is 10.9. The minimum absolute atomic E-state index is 0.224. The zero-order valence-corrected chi connectivity index (χ0v) is 15.5. The molecule has 1 aromatic carbocycles. The number of benzene rings is 1. The van der Waals surface area contributed by atoms with Gasteiger partial charge in [-0.25, -0.2) is 9.50 Å². The molecule has 3 aromatic rings.